The second-order valence-corrected chi connectivity index (χ2v) is 9.25. The van der Waals surface area contributed by atoms with E-state index in [1.54, 1.807) is 11.0 Å². The lowest BCUT2D eigenvalue weighted by atomic mass is 9.73. The van der Waals surface area contributed by atoms with Crippen molar-refractivity contribution < 1.29 is 24.2 Å². The van der Waals surface area contributed by atoms with Crippen molar-refractivity contribution >= 4 is 29.3 Å². The van der Waals surface area contributed by atoms with Crippen molar-refractivity contribution in [1.29, 1.82) is 0 Å². The zero-order valence-electron chi connectivity index (χ0n) is 19.6. The van der Waals surface area contributed by atoms with E-state index in [1.807, 2.05) is 42.5 Å². The number of rotatable bonds is 10. The molecule has 0 aliphatic carbocycles. The van der Waals surface area contributed by atoms with Crippen molar-refractivity contribution in [2.75, 3.05) is 26.3 Å². The maximum atomic E-state index is 13.4. The third kappa shape index (κ3) is 6.67. The van der Waals surface area contributed by atoms with Crippen LogP contribution in [0.5, 0.6) is 0 Å². The predicted octanol–water partition coefficient (Wildman–Crippen LogP) is 3.79. The number of hydrogen-bond donors (Lipinski definition) is 1. The average molecular weight is 486 g/mol. The van der Waals surface area contributed by atoms with E-state index >= 15 is 0 Å². The lowest BCUT2D eigenvalue weighted by Crippen LogP contribution is -2.49. The topological polar surface area (TPSA) is 83.9 Å². The standard InChI is InChI=1S/C27H32ClNO5/c1-2-20-7-9-21(10-8-20)17-26(33)34-19-27(13-15-29(16-14-27)25(32)18-30)24(31)12-11-22-5-3-4-6-23(22)28/h3-10,30H,2,11-19H2,1H3. The Morgan fingerprint density at radius 1 is 1.03 bits per heavy atom. The van der Waals surface area contributed by atoms with E-state index in [2.05, 4.69) is 6.92 Å². The number of aliphatic hydroxyl groups is 1. The summed E-state index contributed by atoms with van der Waals surface area (Å²) in [6, 6.07) is 15.3. The fourth-order valence-corrected chi connectivity index (χ4v) is 4.56. The molecule has 182 valence electrons. The number of carbonyl (C=O) groups excluding carboxylic acids is 3. The molecule has 1 aliphatic heterocycles. The van der Waals surface area contributed by atoms with E-state index in [0.717, 1.165) is 17.5 Å². The number of aryl methyl sites for hydroxylation is 2. The van der Waals surface area contributed by atoms with Crippen LogP contribution in [-0.4, -0.2) is 54.0 Å². The van der Waals surface area contributed by atoms with Crippen LogP contribution in [0.3, 0.4) is 0 Å². The lowest BCUT2D eigenvalue weighted by Gasteiger charge is -2.40. The number of ether oxygens (including phenoxy) is 1. The molecule has 2 aromatic rings. The van der Waals surface area contributed by atoms with Gasteiger partial charge >= 0.3 is 5.97 Å². The minimum Gasteiger partial charge on any atom is -0.464 e. The number of piperidine rings is 1. The summed E-state index contributed by atoms with van der Waals surface area (Å²) in [7, 11) is 0. The van der Waals surface area contributed by atoms with Gasteiger partial charge in [-0.25, -0.2) is 0 Å². The van der Waals surface area contributed by atoms with Gasteiger partial charge in [-0.05, 0) is 48.4 Å². The highest BCUT2D eigenvalue weighted by Crippen LogP contribution is 2.35. The molecule has 1 amide bonds. The van der Waals surface area contributed by atoms with Gasteiger partial charge in [0.2, 0.25) is 5.91 Å². The molecule has 0 aromatic heterocycles. The van der Waals surface area contributed by atoms with Gasteiger partial charge in [-0.1, -0.05) is 61.0 Å². The SMILES string of the molecule is CCc1ccc(CC(=O)OCC2(C(=O)CCc3ccccc3Cl)CCN(C(=O)CO)CC2)cc1. The molecule has 0 bridgehead atoms. The van der Waals surface area contributed by atoms with Crippen LogP contribution in [0, 0.1) is 5.41 Å². The van der Waals surface area contributed by atoms with Crippen molar-refractivity contribution in [1.82, 2.24) is 4.90 Å². The summed E-state index contributed by atoms with van der Waals surface area (Å²) >= 11 is 6.25. The number of amides is 1. The number of nitrogens with zero attached hydrogens (tertiary/aromatic N) is 1. The first-order chi connectivity index (χ1) is 16.4. The predicted molar refractivity (Wildman–Crippen MR) is 131 cm³/mol. The van der Waals surface area contributed by atoms with Gasteiger partial charge in [0, 0.05) is 24.5 Å². The summed E-state index contributed by atoms with van der Waals surface area (Å²) in [6.07, 6.45) is 2.62. The third-order valence-corrected chi connectivity index (χ3v) is 7.04. The molecule has 6 nitrogen and oxygen atoms in total. The van der Waals surface area contributed by atoms with Crippen LogP contribution < -0.4 is 0 Å². The second kappa shape index (κ2) is 12.1. The van der Waals surface area contributed by atoms with Crippen LogP contribution in [-0.2, 0) is 38.4 Å². The van der Waals surface area contributed by atoms with Crippen molar-refractivity contribution in [2.45, 2.75) is 45.4 Å². The summed E-state index contributed by atoms with van der Waals surface area (Å²) in [6.45, 7) is 2.19. The van der Waals surface area contributed by atoms with Gasteiger partial charge in [-0.15, -0.1) is 0 Å². The number of esters is 1. The zero-order valence-corrected chi connectivity index (χ0v) is 20.4. The van der Waals surface area contributed by atoms with Crippen LogP contribution >= 0.6 is 11.6 Å². The minimum absolute atomic E-state index is 0.00335. The molecule has 3 rings (SSSR count). The summed E-state index contributed by atoms with van der Waals surface area (Å²) < 4.78 is 5.63. The lowest BCUT2D eigenvalue weighted by molar-refractivity contribution is -0.154. The Labute approximate surface area is 205 Å². The summed E-state index contributed by atoms with van der Waals surface area (Å²) in [5.41, 5.74) is 2.11. The highest BCUT2D eigenvalue weighted by atomic mass is 35.5. The van der Waals surface area contributed by atoms with Crippen molar-refractivity contribution in [2.24, 2.45) is 5.41 Å². The number of ketones is 1. The first kappa shape index (κ1) is 25.9. The van der Waals surface area contributed by atoms with E-state index in [-0.39, 0.29) is 37.1 Å². The van der Waals surface area contributed by atoms with E-state index in [0.29, 0.717) is 37.4 Å². The third-order valence-electron chi connectivity index (χ3n) is 6.67. The zero-order chi connectivity index (χ0) is 24.6. The summed E-state index contributed by atoms with van der Waals surface area (Å²) in [5.74, 6) is -0.732. The number of halogens is 1. The fourth-order valence-electron chi connectivity index (χ4n) is 4.33. The first-order valence-electron chi connectivity index (χ1n) is 11.8. The van der Waals surface area contributed by atoms with E-state index in [1.165, 1.54) is 5.56 Å². The quantitative estimate of drug-likeness (QED) is 0.517. The maximum Gasteiger partial charge on any atom is 0.310 e. The van der Waals surface area contributed by atoms with Gasteiger partial charge in [0.15, 0.2) is 0 Å². The number of benzene rings is 2. The molecule has 0 radical (unpaired) electrons. The highest BCUT2D eigenvalue weighted by Gasteiger charge is 2.42. The Kier molecular flexibility index (Phi) is 9.25. The molecule has 0 saturated carbocycles. The molecule has 1 fully saturated rings. The molecule has 34 heavy (non-hydrogen) atoms. The smallest absolute Gasteiger partial charge is 0.310 e. The minimum atomic E-state index is -0.852. The Hall–Kier alpha value is -2.70. The number of carbonyl (C=O) groups is 3. The Bertz CT molecular complexity index is 996. The maximum absolute atomic E-state index is 13.4. The van der Waals surface area contributed by atoms with Crippen molar-refractivity contribution in [3.63, 3.8) is 0 Å². The van der Waals surface area contributed by atoms with Gasteiger partial charge in [0.05, 0.1) is 11.8 Å². The molecule has 0 unspecified atom stereocenters. The van der Waals surface area contributed by atoms with E-state index in [9.17, 15) is 19.5 Å². The molecule has 7 heteroatoms. The van der Waals surface area contributed by atoms with Gasteiger partial charge in [0.1, 0.15) is 19.0 Å². The van der Waals surface area contributed by atoms with Crippen LogP contribution in [0.2, 0.25) is 5.02 Å². The van der Waals surface area contributed by atoms with Crippen LogP contribution in [0.25, 0.3) is 0 Å². The molecular formula is C27H32ClNO5. The molecular weight excluding hydrogens is 454 g/mol. The number of hydrogen-bond acceptors (Lipinski definition) is 5. The normalized spacial score (nSPS) is 15.1. The van der Waals surface area contributed by atoms with E-state index in [4.69, 9.17) is 16.3 Å². The van der Waals surface area contributed by atoms with Crippen molar-refractivity contribution in [3.8, 4) is 0 Å². The number of aliphatic hydroxyl groups excluding tert-OH is 1. The largest absolute Gasteiger partial charge is 0.464 e. The van der Waals surface area contributed by atoms with Crippen LogP contribution in [0.4, 0.5) is 0 Å². The number of likely N-dealkylation sites (tertiary alicyclic amines) is 1. The van der Waals surface area contributed by atoms with Crippen molar-refractivity contribution in [3.05, 3.63) is 70.2 Å². The van der Waals surface area contributed by atoms with Gasteiger partial charge in [0.25, 0.3) is 0 Å². The Morgan fingerprint density at radius 3 is 2.29 bits per heavy atom. The number of Topliss-reactive ketones (excluding diaryl/α,β-unsaturated/α-hetero) is 1. The summed E-state index contributed by atoms with van der Waals surface area (Å²) in [5, 5.41) is 9.79. The molecule has 1 N–H and O–H groups in total. The summed E-state index contributed by atoms with van der Waals surface area (Å²) in [4.78, 5) is 39.4. The Balaban J connectivity index is 1.66. The van der Waals surface area contributed by atoms with Gasteiger partial charge in [-0.3, -0.25) is 14.4 Å². The first-order valence-corrected chi connectivity index (χ1v) is 12.1. The second-order valence-electron chi connectivity index (χ2n) is 8.84. The average Bonchev–Trinajstić information content (AvgIpc) is 2.87. The monoisotopic (exact) mass is 485 g/mol. The fraction of sp³-hybridized carbons (Fsp3) is 0.444. The van der Waals surface area contributed by atoms with Crippen LogP contribution in [0.15, 0.2) is 48.5 Å². The molecule has 1 aliphatic rings. The van der Waals surface area contributed by atoms with Gasteiger partial charge < -0.3 is 14.7 Å². The molecule has 0 spiro atoms. The Morgan fingerprint density at radius 2 is 1.68 bits per heavy atom. The van der Waals surface area contributed by atoms with Gasteiger partial charge in [-0.2, -0.15) is 0 Å². The molecule has 0 atom stereocenters. The molecule has 1 heterocycles. The van der Waals surface area contributed by atoms with Crippen LogP contribution in [0.1, 0.15) is 42.9 Å². The van der Waals surface area contributed by atoms with E-state index < -0.39 is 12.0 Å². The molecule has 2 aromatic carbocycles. The highest BCUT2D eigenvalue weighted by molar-refractivity contribution is 6.31. The molecule has 1 saturated heterocycles.